The number of methoxy groups -OCH3 is 1. The minimum atomic E-state index is -0.654. The van der Waals surface area contributed by atoms with Crippen LogP contribution in [-0.2, 0) is 4.74 Å². The number of benzene rings is 2. The van der Waals surface area contributed by atoms with E-state index in [1.165, 1.54) is 5.56 Å². The molecule has 0 aliphatic carbocycles. The van der Waals surface area contributed by atoms with Gasteiger partial charge < -0.3 is 30.7 Å². The Balaban J connectivity index is 1.28. The maximum absolute atomic E-state index is 12.8. The monoisotopic (exact) mass is 530 g/mol. The van der Waals surface area contributed by atoms with Gasteiger partial charge in [0.1, 0.15) is 11.6 Å². The lowest BCUT2D eigenvalue weighted by Gasteiger charge is -2.34. The van der Waals surface area contributed by atoms with Gasteiger partial charge in [0, 0.05) is 43.6 Å². The fraction of sp³-hybridized carbons (Fsp3) is 0.379. The molecule has 0 radical (unpaired) electrons. The van der Waals surface area contributed by atoms with Gasteiger partial charge >= 0.3 is 0 Å². The molecular weight excluding hydrogens is 496 g/mol. The quantitative estimate of drug-likeness (QED) is 0.402. The fourth-order valence-corrected chi connectivity index (χ4v) is 5.12. The molecule has 1 atom stereocenters. The molecule has 2 aromatic carbocycles. The van der Waals surface area contributed by atoms with Gasteiger partial charge in [-0.3, -0.25) is 9.59 Å². The average Bonchev–Trinajstić information content (AvgIpc) is 2.98. The number of carbonyl (C=O) groups is 2. The number of rotatable bonds is 8. The molecule has 2 amide bonds. The summed E-state index contributed by atoms with van der Waals surface area (Å²) in [6.07, 6.45) is 5.33. The third-order valence-corrected chi connectivity index (χ3v) is 7.29. The highest BCUT2D eigenvalue weighted by Crippen LogP contribution is 2.29. The Kier molecular flexibility index (Phi) is 8.21. The van der Waals surface area contributed by atoms with Gasteiger partial charge in [-0.15, -0.1) is 0 Å². The first-order valence-corrected chi connectivity index (χ1v) is 13.3. The van der Waals surface area contributed by atoms with Crippen LogP contribution in [0.15, 0.2) is 54.7 Å². The number of primary amides is 1. The number of anilines is 3. The number of carbonyl (C=O) groups excluding carboxylic acids is 2. The van der Waals surface area contributed by atoms with Crippen molar-refractivity contribution in [3.05, 3.63) is 71.5 Å². The first-order chi connectivity index (χ1) is 19.0. The Morgan fingerprint density at radius 3 is 2.49 bits per heavy atom. The predicted octanol–water partition coefficient (Wildman–Crippen LogP) is 3.62. The molecule has 39 heavy (non-hydrogen) atoms. The Morgan fingerprint density at radius 2 is 1.79 bits per heavy atom. The summed E-state index contributed by atoms with van der Waals surface area (Å²) < 4.78 is 10.6. The molecule has 10 nitrogen and oxygen atoms in total. The number of nitrogens with zero attached hydrogens (tertiary/aromatic N) is 3. The number of nitrogens with one attached hydrogen (secondary N) is 2. The van der Waals surface area contributed by atoms with Crippen molar-refractivity contribution in [1.29, 1.82) is 0 Å². The first-order valence-electron chi connectivity index (χ1n) is 13.3. The zero-order valence-electron chi connectivity index (χ0n) is 22.1. The minimum absolute atomic E-state index is 0.0555. The molecule has 2 aliphatic heterocycles. The molecule has 4 N–H and O–H groups in total. The molecule has 0 spiro atoms. The van der Waals surface area contributed by atoms with Gasteiger partial charge in [0.15, 0.2) is 11.5 Å². The molecule has 3 heterocycles. The zero-order valence-corrected chi connectivity index (χ0v) is 22.1. The highest BCUT2D eigenvalue weighted by Gasteiger charge is 2.25. The average molecular weight is 531 g/mol. The summed E-state index contributed by atoms with van der Waals surface area (Å²) in [6, 6.07) is 15.1. The van der Waals surface area contributed by atoms with Crippen LogP contribution in [-0.4, -0.2) is 61.2 Å². The topological polar surface area (TPSA) is 132 Å². The molecule has 1 unspecified atom stereocenters. The van der Waals surface area contributed by atoms with Crippen LogP contribution in [0.5, 0.6) is 5.75 Å². The second-order valence-electron chi connectivity index (χ2n) is 9.91. The van der Waals surface area contributed by atoms with Gasteiger partial charge in [-0.05, 0) is 73.6 Å². The number of ether oxygens (including phenoxy) is 2. The minimum Gasteiger partial charge on any atom is -0.497 e. The lowest BCUT2D eigenvalue weighted by Crippen LogP contribution is -2.48. The highest BCUT2D eigenvalue weighted by molar-refractivity contribution is 5.96. The Bertz CT molecular complexity index is 1290. The second kappa shape index (κ2) is 12.1. The van der Waals surface area contributed by atoms with Crippen LogP contribution in [0.2, 0.25) is 0 Å². The van der Waals surface area contributed by atoms with E-state index in [0.717, 1.165) is 51.1 Å². The van der Waals surface area contributed by atoms with E-state index >= 15 is 0 Å². The lowest BCUT2D eigenvalue weighted by molar-refractivity contribution is 0.0853. The van der Waals surface area contributed by atoms with E-state index in [2.05, 4.69) is 32.7 Å². The maximum atomic E-state index is 12.8. The van der Waals surface area contributed by atoms with Crippen molar-refractivity contribution >= 4 is 29.1 Å². The standard InChI is InChI=1S/C29H34N6O4/c1-38-24-10-6-21(7-11-24)29(37)33-23-3-2-14-35(18-23)25-17-31-26(27(30)36)28(34-25)32-22-8-4-19(5-9-22)20-12-15-39-16-13-20/h4-11,17,20,23H,2-3,12-16,18H2,1H3,(H2,30,36)(H,32,34)(H,33,37). The molecule has 2 saturated heterocycles. The van der Waals surface area contributed by atoms with Gasteiger partial charge in [0.2, 0.25) is 0 Å². The van der Waals surface area contributed by atoms with Crippen LogP contribution >= 0.6 is 0 Å². The Morgan fingerprint density at radius 1 is 1.05 bits per heavy atom. The number of piperidine rings is 1. The van der Waals surface area contributed by atoms with Crippen LogP contribution in [0.25, 0.3) is 0 Å². The number of aromatic nitrogens is 2. The largest absolute Gasteiger partial charge is 0.497 e. The molecule has 5 rings (SSSR count). The van der Waals surface area contributed by atoms with Crippen molar-refractivity contribution in [1.82, 2.24) is 15.3 Å². The number of hydrogen-bond acceptors (Lipinski definition) is 8. The third kappa shape index (κ3) is 6.46. The lowest BCUT2D eigenvalue weighted by atomic mass is 9.92. The molecule has 10 heteroatoms. The fourth-order valence-electron chi connectivity index (χ4n) is 5.12. The zero-order chi connectivity index (χ0) is 27.2. The smallest absolute Gasteiger partial charge is 0.271 e. The van der Waals surface area contributed by atoms with E-state index < -0.39 is 5.91 Å². The molecule has 2 aliphatic rings. The molecule has 0 bridgehead atoms. The van der Waals surface area contributed by atoms with Crippen molar-refractivity contribution in [2.45, 2.75) is 37.6 Å². The van der Waals surface area contributed by atoms with E-state index in [4.69, 9.17) is 20.2 Å². The summed E-state index contributed by atoms with van der Waals surface area (Å²) in [7, 11) is 1.59. The van der Waals surface area contributed by atoms with Crippen LogP contribution in [0.3, 0.4) is 0 Å². The summed E-state index contributed by atoms with van der Waals surface area (Å²) in [6.45, 7) is 2.92. The van der Waals surface area contributed by atoms with E-state index in [9.17, 15) is 9.59 Å². The molecule has 2 fully saturated rings. The first kappa shape index (κ1) is 26.4. The van der Waals surface area contributed by atoms with Crippen LogP contribution in [0, 0.1) is 0 Å². The molecule has 204 valence electrons. The summed E-state index contributed by atoms with van der Waals surface area (Å²) in [5, 5.41) is 6.35. The number of amides is 2. The van der Waals surface area contributed by atoms with Crippen LogP contribution in [0.1, 0.15) is 58.0 Å². The van der Waals surface area contributed by atoms with Gasteiger partial charge in [-0.1, -0.05) is 12.1 Å². The van der Waals surface area contributed by atoms with Crippen molar-refractivity contribution < 1.29 is 19.1 Å². The third-order valence-electron chi connectivity index (χ3n) is 7.29. The van der Waals surface area contributed by atoms with E-state index in [1.54, 1.807) is 37.6 Å². The van der Waals surface area contributed by atoms with E-state index in [1.807, 2.05) is 12.1 Å². The van der Waals surface area contributed by atoms with Gasteiger partial charge in [0.05, 0.1) is 13.3 Å². The van der Waals surface area contributed by atoms with Crippen molar-refractivity contribution in [2.75, 3.05) is 43.6 Å². The van der Waals surface area contributed by atoms with E-state index in [-0.39, 0.29) is 17.6 Å². The normalized spacial score (nSPS) is 17.9. The van der Waals surface area contributed by atoms with Crippen molar-refractivity contribution in [3.63, 3.8) is 0 Å². The second-order valence-corrected chi connectivity index (χ2v) is 9.91. The molecule has 0 saturated carbocycles. The molecule has 1 aromatic heterocycles. The van der Waals surface area contributed by atoms with E-state index in [0.29, 0.717) is 35.4 Å². The molecule has 3 aromatic rings. The number of hydrogen-bond donors (Lipinski definition) is 3. The maximum Gasteiger partial charge on any atom is 0.271 e. The SMILES string of the molecule is COc1ccc(C(=O)NC2CCCN(c3cnc(C(N)=O)c(Nc4ccc(C5CCOCC5)cc4)n3)C2)cc1. The Labute approximate surface area is 227 Å². The predicted molar refractivity (Wildman–Crippen MR) is 149 cm³/mol. The van der Waals surface area contributed by atoms with Crippen molar-refractivity contribution in [3.8, 4) is 5.75 Å². The summed E-state index contributed by atoms with van der Waals surface area (Å²) in [5.74, 6) is 1.33. The number of nitrogens with two attached hydrogens (primary N) is 1. The summed E-state index contributed by atoms with van der Waals surface area (Å²) in [5.41, 5.74) is 8.33. The van der Waals surface area contributed by atoms with Gasteiger partial charge in [-0.2, -0.15) is 0 Å². The Hall–Kier alpha value is -4.18. The van der Waals surface area contributed by atoms with Crippen molar-refractivity contribution in [2.24, 2.45) is 5.73 Å². The summed E-state index contributed by atoms with van der Waals surface area (Å²) in [4.78, 5) is 36.0. The summed E-state index contributed by atoms with van der Waals surface area (Å²) >= 11 is 0. The highest BCUT2D eigenvalue weighted by atomic mass is 16.5. The van der Waals surface area contributed by atoms with Crippen LogP contribution < -0.4 is 26.0 Å². The van der Waals surface area contributed by atoms with Crippen LogP contribution in [0.4, 0.5) is 17.3 Å². The van der Waals surface area contributed by atoms with Gasteiger partial charge in [-0.25, -0.2) is 9.97 Å². The van der Waals surface area contributed by atoms with Gasteiger partial charge in [0.25, 0.3) is 11.8 Å². The molecular formula is C29H34N6O4.